The molecule has 0 atom stereocenters. The van der Waals surface area contributed by atoms with Crippen LogP contribution in [0, 0.1) is 5.41 Å². The summed E-state index contributed by atoms with van der Waals surface area (Å²) in [5.41, 5.74) is 2.45. The SMILES string of the molecule is CCCCC1(CCCC)CN(c2ccccc2)c2cc(CC)c(O/C=C/C(=O)O)cc2S(O)(O)C1. The zero-order valence-electron chi connectivity index (χ0n) is 21.1. The lowest BCUT2D eigenvalue weighted by Gasteiger charge is -2.42. The summed E-state index contributed by atoms with van der Waals surface area (Å²) in [6.45, 7) is 7.06. The molecule has 3 rings (SSSR count). The second kappa shape index (κ2) is 12.0. The number of hydrogen-bond donors (Lipinski definition) is 3. The van der Waals surface area contributed by atoms with E-state index in [0.717, 1.165) is 67.8 Å². The van der Waals surface area contributed by atoms with Crippen LogP contribution in [0.15, 0.2) is 59.7 Å². The Morgan fingerprint density at radius 1 is 1.09 bits per heavy atom. The summed E-state index contributed by atoms with van der Waals surface area (Å²) in [4.78, 5) is 13.6. The number of benzene rings is 2. The quantitative estimate of drug-likeness (QED) is 0.214. The summed E-state index contributed by atoms with van der Waals surface area (Å²) in [5.74, 6) is -0.341. The van der Waals surface area contributed by atoms with E-state index in [1.165, 1.54) is 0 Å². The molecule has 2 aromatic carbocycles. The molecule has 0 saturated heterocycles. The Labute approximate surface area is 211 Å². The number of rotatable bonds is 11. The molecular weight excluding hydrogens is 462 g/mol. The topological polar surface area (TPSA) is 90.2 Å². The van der Waals surface area contributed by atoms with Crippen molar-refractivity contribution >= 4 is 27.9 Å². The molecule has 1 aliphatic rings. The average Bonchev–Trinajstić information content (AvgIpc) is 2.93. The van der Waals surface area contributed by atoms with Crippen molar-refractivity contribution in [3.63, 3.8) is 0 Å². The zero-order valence-corrected chi connectivity index (χ0v) is 21.9. The normalized spacial score (nSPS) is 17.6. The highest BCUT2D eigenvalue weighted by Gasteiger charge is 2.42. The minimum absolute atomic E-state index is 0.240. The maximum absolute atomic E-state index is 11.7. The summed E-state index contributed by atoms with van der Waals surface area (Å²) in [6, 6.07) is 13.8. The van der Waals surface area contributed by atoms with Gasteiger partial charge in [0.25, 0.3) is 0 Å². The minimum Gasteiger partial charge on any atom is -0.478 e. The van der Waals surface area contributed by atoms with Crippen molar-refractivity contribution in [2.75, 3.05) is 17.2 Å². The van der Waals surface area contributed by atoms with Gasteiger partial charge in [-0.15, -0.1) is 0 Å². The molecular formula is C28H39NO5S. The minimum atomic E-state index is -3.14. The first-order chi connectivity index (χ1) is 16.7. The van der Waals surface area contributed by atoms with Crippen LogP contribution in [0.25, 0.3) is 0 Å². The standard InChI is InChI=1S/C28H39NO5S/c1-4-7-15-28(16-8-5-2)20-29(23-12-10-9-11-13-23)24-18-22(6-3)25(34-17-14-27(30)31)19-26(24)35(32,33)21-28/h9-14,17-19,32-33H,4-8,15-16,20-21H2,1-3H3,(H,30,31)/b17-14+. The van der Waals surface area contributed by atoms with Crippen LogP contribution in [0.3, 0.4) is 0 Å². The van der Waals surface area contributed by atoms with E-state index in [-0.39, 0.29) is 5.41 Å². The fraction of sp³-hybridized carbons (Fsp3) is 0.464. The van der Waals surface area contributed by atoms with Gasteiger partial charge in [-0.25, -0.2) is 4.79 Å². The molecule has 0 amide bonds. The highest BCUT2D eigenvalue weighted by molar-refractivity contribution is 8.24. The first kappa shape index (κ1) is 27.1. The van der Waals surface area contributed by atoms with Crippen LogP contribution in [0.2, 0.25) is 0 Å². The Morgan fingerprint density at radius 3 is 2.31 bits per heavy atom. The summed E-state index contributed by atoms with van der Waals surface area (Å²) < 4.78 is 29.0. The highest BCUT2D eigenvalue weighted by atomic mass is 32.3. The van der Waals surface area contributed by atoms with Crippen molar-refractivity contribution in [2.24, 2.45) is 5.41 Å². The number of carboxylic acids is 1. The van der Waals surface area contributed by atoms with E-state index in [0.29, 0.717) is 29.4 Å². The summed E-state index contributed by atoms with van der Waals surface area (Å²) in [6.07, 6.45) is 8.76. The van der Waals surface area contributed by atoms with Gasteiger partial charge in [-0.05, 0) is 43.0 Å². The molecule has 192 valence electrons. The molecule has 1 heterocycles. The van der Waals surface area contributed by atoms with Gasteiger partial charge in [0, 0.05) is 29.5 Å². The highest BCUT2D eigenvalue weighted by Crippen LogP contribution is 2.61. The molecule has 0 spiro atoms. The van der Waals surface area contributed by atoms with Gasteiger partial charge < -0.3 is 14.7 Å². The summed E-state index contributed by atoms with van der Waals surface area (Å²) in [7, 11) is -3.14. The lowest BCUT2D eigenvalue weighted by molar-refractivity contribution is -0.131. The number of aryl methyl sites for hydroxylation is 1. The van der Waals surface area contributed by atoms with Gasteiger partial charge >= 0.3 is 5.97 Å². The number of para-hydroxylation sites is 1. The number of anilines is 2. The van der Waals surface area contributed by atoms with Crippen molar-refractivity contribution in [3.8, 4) is 5.75 Å². The lowest BCUT2D eigenvalue weighted by atomic mass is 9.79. The summed E-state index contributed by atoms with van der Waals surface area (Å²) >= 11 is 0. The third-order valence-corrected chi connectivity index (χ3v) is 8.81. The van der Waals surface area contributed by atoms with Crippen molar-refractivity contribution in [1.29, 1.82) is 0 Å². The van der Waals surface area contributed by atoms with Crippen molar-refractivity contribution in [2.45, 2.75) is 70.6 Å². The second-order valence-corrected chi connectivity index (χ2v) is 11.5. The number of ether oxygens (including phenoxy) is 1. The fourth-order valence-electron chi connectivity index (χ4n) is 4.96. The lowest BCUT2D eigenvalue weighted by Crippen LogP contribution is -2.37. The third-order valence-electron chi connectivity index (χ3n) is 6.76. The van der Waals surface area contributed by atoms with Gasteiger partial charge in [0.2, 0.25) is 0 Å². The number of carbonyl (C=O) groups is 1. The molecule has 0 saturated carbocycles. The predicted octanol–water partition coefficient (Wildman–Crippen LogP) is 7.85. The van der Waals surface area contributed by atoms with Crippen molar-refractivity contribution in [3.05, 3.63) is 60.4 Å². The van der Waals surface area contributed by atoms with Crippen molar-refractivity contribution in [1.82, 2.24) is 0 Å². The van der Waals surface area contributed by atoms with Crippen LogP contribution in [0.1, 0.15) is 64.9 Å². The first-order valence-corrected chi connectivity index (χ1v) is 14.3. The van der Waals surface area contributed by atoms with Crippen LogP contribution in [0.4, 0.5) is 11.4 Å². The Hall–Kier alpha value is -2.48. The smallest absolute Gasteiger partial charge is 0.331 e. The van der Waals surface area contributed by atoms with Gasteiger partial charge in [0.15, 0.2) is 0 Å². The number of carboxylic acid groups (broad SMARTS) is 1. The number of fused-ring (bicyclic) bond motifs is 1. The van der Waals surface area contributed by atoms with E-state index in [1.807, 2.05) is 31.2 Å². The molecule has 0 radical (unpaired) electrons. The van der Waals surface area contributed by atoms with E-state index in [1.54, 1.807) is 6.07 Å². The first-order valence-electron chi connectivity index (χ1n) is 12.6. The van der Waals surface area contributed by atoms with Crippen LogP contribution >= 0.6 is 10.6 Å². The Morgan fingerprint density at radius 2 is 1.74 bits per heavy atom. The van der Waals surface area contributed by atoms with Crippen LogP contribution < -0.4 is 9.64 Å². The average molecular weight is 502 g/mol. The van der Waals surface area contributed by atoms with Gasteiger partial charge in [-0.2, -0.15) is 10.6 Å². The molecule has 0 aliphatic carbocycles. The second-order valence-electron chi connectivity index (χ2n) is 9.48. The van der Waals surface area contributed by atoms with Crippen molar-refractivity contribution < 1.29 is 23.7 Å². The predicted molar refractivity (Wildman–Crippen MR) is 144 cm³/mol. The van der Waals surface area contributed by atoms with Gasteiger partial charge in [-0.3, -0.25) is 9.11 Å². The Bertz CT molecular complexity index is 1010. The molecule has 35 heavy (non-hydrogen) atoms. The van der Waals surface area contributed by atoms with Gasteiger partial charge in [0.05, 0.1) is 22.9 Å². The van der Waals surface area contributed by atoms with E-state index in [4.69, 9.17) is 9.84 Å². The fourth-order valence-corrected chi connectivity index (χ4v) is 7.15. The molecule has 0 fully saturated rings. The van der Waals surface area contributed by atoms with E-state index in [2.05, 4.69) is 30.9 Å². The molecule has 7 heteroatoms. The molecule has 6 nitrogen and oxygen atoms in total. The number of nitrogens with zero attached hydrogens (tertiary/aromatic N) is 1. The Kier molecular flexibility index (Phi) is 9.27. The molecule has 1 aliphatic heterocycles. The Balaban J connectivity index is 2.20. The van der Waals surface area contributed by atoms with E-state index < -0.39 is 16.6 Å². The summed E-state index contributed by atoms with van der Waals surface area (Å²) in [5, 5.41) is 8.94. The number of unbranched alkanes of at least 4 members (excludes halogenated alkanes) is 2. The number of hydrogen-bond acceptors (Lipinski definition) is 5. The third kappa shape index (κ3) is 6.60. The molecule has 0 bridgehead atoms. The zero-order chi connectivity index (χ0) is 25.5. The van der Waals surface area contributed by atoms with E-state index in [9.17, 15) is 13.9 Å². The monoisotopic (exact) mass is 501 g/mol. The molecule has 3 N–H and O–H groups in total. The maximum Gasteiger partial charge on any atom is 0.331 e. The maximum atomic E-state index is 11.7. The molecule has 2 aromatic rings. The van der Waals surface area contributed by atoms with Crippen LogP contribution in [-0.2, 0) is 11.2 Å². The van der Waals surface area contributed by atoms with Gasteiger partial charge in [0.1, 0.15) is 5.75 Å². The van der Waals surface area contributed by atoms with E-state index >= 15 is 0 Å². The molecule has 0 unspecified atom stereocenters. The largest absolute Gasteiger partial charge is 0.478 e. The van der Waals surface area contributed by atoms with Crippen LogP contribution in [0.5, 0.6) is 5.75 Å². The molecule has 0 aromatic heterocycles. The van der Waals surface area contributed by atoms with Gasteiger partial charge in [-0.1, -0.05) is 64.7 Å². The number of aliphatic carboxylic acids is 1. The van der Waals surface area contributed by atoms with Crippen LogP contribution in [-0.4, -0.2) is 32.5 Å².